The molecule has 0 saturated heterocycles. The summed E-state index contributed by atoms with van der Waals surface area (Å²) in [7, 11) is -3.76. The average Bonchev–Trinajstić information content (AvgIpc) is 3.28. The average molecular weight is 513 g/mol. The minimum atomic E-state index is -3.76. The van der Waals surface area contributed by atoms with Gasteiger partial charge in [-0.05, 0) is 55.0 Å². The van der Waals surface area contributed by atoms with E-state index in [1.165, 1.54) is 4.31 Å². The molecule has 0 bridgehead atoms. The van der Waals surface area contributed by atoms with Crippen molar-refractivity contribution in [1.29, 1.82) is 0 Å². The van der Waals surface area contributed by atoms with Crippen molar-refractivity contribution in [3.63, 3.8) is 0 Å². The van der Waals surface area contributed by atoms with Crippen LogP contribution in [0.3, 0.4) is 0 Å². The number of benzene rings is 3. The van der Waals surface area contributed by atoms with Crippen molar-refractivity contribution < 1.29 is 12.8 Å². The SMILES string of the molecule is Cc1ccc(S(=O)(=O)N(Cc2ccccc2)Cc2ccc(C=Nc3ccc(Cl)c(Cl)c3)o2)cc1. The summed E-state index contributed by atoms with van der Waals surface area (Å²) in [6, 6.07) is 24.8. The van der Waals surface area contributed by atoms with Crippen molar-refractivity contribution in [3.05, 3.63) is 118 Å². The molecule has 0 aliphatic heterocycles. The maximum absolute atomic E-state index is 13.5. The Balaban J connectivity index is 1.58. The molecule has 0 fully saturated rings. The molecule has 34 heavy (non-hydrogen) atoms. The quantitative estimate of drug-likeness (QED) is 0.238. The predicted molar refractivity (Wildman–Crippen MR) is 136 cm³/mol. The summed E-state index contributed by atoms with van der Waals surface area (Å²) in [6.45, 7) is 2.21. The van der Waals surface area contributed by atoms with Gasteiger partial charge in [0.05, 0.1) is 33.4 Å². The molecule has 3 aromatic carbocycles. The third kappa shape index (κ3) is 5.96. The van der Waals surface area contributed by atoms with Gasteiger partial charge in [-0.15, -0.1) is 0 Å². The van der Waals surface area contributed by atoms with Gasteiger partial charge in [0, 0.05) is 6.54 Å². The molecule has 0 aliphatic carbocycles. The van der Waals surface area contributed by atoms with Gasteiger partial charge in [-0.3, -0.25) is 4.99 Å². The lowest BCUT2D eigenvalue weighted by Gasteiger charge is -2.21. The van der Waals surface area contributed by atoms with Gasteiger partial charge in [0.25, 0.3) is 0 Å². The zero-order valence-corrected chi connectivity index (χ0v) is 20.7. The Labute approximate surface area is 209 Å². The van der Waals surface area contributed by atoms with Gasteiger partial charge in [0.1, 0.15) is 11.5 Å². The van der Waals surface area contributed by atoms with Crippen LogP contribution in [0.4, 0.5) is 5.69 Å². The Morgan fingerprint density at radius 3 is 2.32 bits per heavy atom. The third-order valence-electron chi connectivity index (χ3n) is 5.12. The van der Waals surface area contributed by atoms with Crippen molar-refractivity contribution in [1.82, 2.24) is 4.31 Å². The highest BCUT2D eigenvalue weighted by Gasteiger charge is 2.26. The molecule has 0 N–H and O–H groups in total. The molecule has 0 unspecified atom stereocenters. The maximum Gasteiger partial charge on any atom is 0.243 e. The minimum Gasteiger partial charge on any atom is -0.459 e. The Kier molecular flexibility index (Phi) is 7.54. The van der Waals surface area contributed by atoms with Gasteiger partial charge >= 0.3 is 0 Å². The van der Waals surface area contributed by atoms with Crippen LogP contribution < -0.4 is 0 Å². The number of aryl methyl sites for hydroxylation is 1. The molecule has 1 heterocycles. The van der Waals surface area contributed by atoms with E-state index >= 15 is 0 Å². The summed E-state index contributed by atoms with van der Waals surface area (Å²) >= 11 is 12.0. The molecule has 4 aromatic rings. The molecule has 174 valence electrons. The fourth-order valence-corrected chi connectivity index (χ4v) is 4.99. The topological polar surface area (TPSA) is 62.9 Å². The summed E-state index contributed by atoms with van der Waals surface area (Å²) in [5.41, 5.74) is 2.50. The summed E-state index contributed by atoms with van der Waals surface area (Å²) < 4.78 is 34.2. The first-order valence-electron chi connectivity index (χ1n) is 10.5. The molecule has 4 rings (SSSR count). The molecule has 0 amide bonds. The Morgan fingerprint density at radius 1 is 0.882 bits per heavy atom. The van der Waals surface area contributed by atoms with Crippen LogP contribution in [0.15, 0.2) is 99.2 Å². The van der Waals surface area contributed by atoms with Gasteiger partial charge in [-0.25, -0.2) is 8.42 Å². The second kappa shape index (κ2) is 10.6. The highest BCUT2D eigenvalue weighted by Crippen LogP contribution is 2.27. The monoisotopic (exact) mass is 512 g/mol. The van der Waals surface area contributed by atoms with Crippen LogP contribution in [-0.4, -0.2) is 18.9 Å². The van der Waals surface area contributed by atoms with Crippen molar-refractivity contribution in [2.75, 3.05) is 0 Å². The molecular formula is C26H22Cl2N2O3S. The van der Waals surface area contributed by atoms with E-state index in [4.69, 9.17) is 27.6 Å². The Morgan fingerprint density at radius 2 is 1.62 bits per heavy atom. The molecule has 0 atom stereocenters. The van der Waals surface area contributed by atoms with Gasteiger partial charge in [-0.1, -0.05) is 71.2 Å². The number of hydrogen-bond donors (Lipinski definition) is 0. The smallest absolute Gasteiger partial charge is 0.243 e. The number of hydrogen-bond acceptors (Lipinski definition) is 4. The zero-order chi connectivity index (χ0) is 24.1. The molecular weight excluding hydrogens is 491 g/mol. The summed E-state index contributed by atoms with van der Waals surface area (Å²) in [5, 5.41) is 0.864. The lowest BCUT2D eigenvalue weighted by Crippen LogP contribution is -2.30. The van der Waals surface area contributed by atoms with Crippen LogP contribution in [0.1, 0.15) is 22.6 Å². The molecule has 1 aromatic heterocycles. The van der Waals surface area contributed by atoms with Gasteiger partial charge in [0.2, 0.25) is 10.0 Å². The predicted octanol–water partition coefficient (Wildman–Crippen LogP) is 7.04. The highest BCUT2D eigenvalue weighted by atomic mass is 35.5. The summed E-state index contributed by atoms with van der Waals surface area (Å²) in [6.07, 6.45) is 1.55. The number of nitrogens with zero attached hydrogens (tertiary/aromatic N) is 2. The first kappa shape index (κ1) is 24.2. The van der Waals surface area contributed by atoms with Crippen LogP contribution in [0.2, 0.25) is 10.0 Å². The number of aliphatic imine (C=N–C) groups is 1. The molecule has 8 heteroatoms. The van der Waals surface area contributed by atoms with Crippen LogP contribution in [0, 0.1) is 6.92 Å². The molecule has 0 aliphatic rings. The standard InChI is InChI=1S/C26H22Cl2N2O3S/c1-19-7-12-24(13-8-19)34(31,32)30(17-20-5-3-2-4-6-20)18-23-11-10-22(33-23)16-29-21-9-14-25(27)26(28)15-21/h2-16H,17-18H2,1H3. The molecule has 0 saturated carbocycles. The maximum atomic E-state index is 13.5. The van der Waals surface area contributed by atoms with E-state index in [0.29, 0.717) is 27.3 Å². The lowest BCUT2D eigenvalue weighted by atomic mass is 10.2. The van der Waals surface area contributed by atoms with Crippen LogP contribution in [-0.2, 0) is 23.1 Å². The van der Waals surface area contributed by atoms with E-state index in [0.717, 1.165) is 11.1 Å². The van der Waals surface area contributed by atoms with Crippen molar-refractivity contribution in [3.8, 4) is 0 Å². The van der Waals surface area contributed by atoms with E-state index in [2.05, 4.69) is 4.99 Å². The van der Waals surface area contributed by atoms with E-state index in [9.17, 15) is 8.42 Å². The molecule has 0 radical (unpaired) electrons. The molecule has 5 nitrogen and oxygen atoms in total. The largest absolute Gasteiger partial charge is 0.459 e. The normalized spacial score (nSPS) is 12.0. The second-order valence-electron chi connectivity index (χ2n) is 7.73. The van der Waals surface area contributed by atoms with E-state index < -0.39 is 10.0 Å². The zero-order valence-electron chi connectivity index (χ0n) is 18.4. The van der Waals surface area contributed by atoms with E-state index in [1.54, 1.807) is 60.8 Å². The number of sulfonamides is 1. The van der Waals surface area contributed by atoms with Crippen molar-refractivity contribution in [2.24, 2.45) is 4.99 Å². The van der Waals surface area contributed by atoms with Crippen molar-refractivity contribution >= 4 is 45.1 Å². The fraction of sp³-hybridized carbons (Fsp3) is 0.115. The van der Waals surface area contributed by atoms with Crippen LogP contribution in [0.25, 0.3) is 0 Å². The fourth-order valence-electron chi connectivity index (χ4n) is 3.30. The van der Waals surface area contributed by atoms with Crippen molar-refractivity contribution in [2.45, 2.75) is 24.9 Å². The first-order valence-corrected chi connectivity index (χ1v) is 12.7. The number of furan rings is 1. The summed E-state index contributed by atoms with van der Waals surface area (Å²) in [4.78, 5) is 4.59. The van der Waals surface area contributed by atoms with Crippen LogP contribution >= 0.6 is 23.2 Å². The highest BCUT2D eigenvalue weighted by molar-refractivity contribution is 7.89. The first-order chi connectivity index (χ1) is 16.3. The number of halogens is 2. The summed E-state index contributed by atoms with van der Waals surface area (Å²) in [5.74, 6) is 0.996. The van der Waals surface area contributed by atoms with Gasteiger partial charge in [0.15, 0.2) is 0 Å². The van der Waals surface area contributed by atoms with E-state index in [-0.39, 0.29) is 18.0 Å². The Bertz CT molecular complexity index is 1400. The minimum absolute atomic E-state index is 0.0751. The van der Waals surface area contributed by atoms with Gasteiger partial charge < -0.3 is 4.42 Å². The van der Waals surface area contributed by atoms with E-state index in [1.807, 2.05) is 37.3 Å². The molecule has 0 spiro atoms. The van der Waals surface area contributed by atoms with Crippen LogP contribution in [0.5, 0.6) is 0 Å². The Hall–Kier alpha value is -2.90. The number of rotatable bonds is 8. The lowest BCUT2D eigenvalue weighted by molar-refractivity contribution is 0.357. The third-order valence-corrected chi connectivity index (χ3v) is 7.66. The second-order valence-corrected chi connectivity index (χ2v) is 10.5. The van der Waals surface area contributed by atoms with Gasteiger partial charge in [-0.2, -0.15) is 4.31 Å².